The van der Waals surface area contributed by atoms with Gasteiger partial charge in [-0.1, -0.05) is 19.0 Å². The van der Waals surface area contributed by atoms with Crippen molar-refractivity contribution in [1.29, 1.82) is 0 Å². The molecule has 0 saturated carbocycles. The summed E-state index contributed by atoms with van der Waals surface area (Å²) in [5, 5.41) is 4.09. The second-order valence-electron chi connectivity index (χ2n) is 7.98. The first-order chi connectivity index (χ1) is 13.7. The number of aromatic nitrogens is 1. The molecule has 1 fully saturated rings. The number of halogens is 3. The van der Waals surface area contributed by atoms with E-state index in [-0.39, 0.29) is 0 Å². The highest BCUT2D eigenvalue weighted by atomic mass is 19.4. The highest BCUT2D eigenvalue weighted by Gasteiger charge is 2.30. The Bertz CT molecular complexity index is 765. The Kier molecular flexibility index (Phi) is 6.85. The SMILES string of the molecule is CC(C)c1cc(CN(C)CCN2CCN(c3ccc(C(F)(F)F)cc3)CC2)on1. The molecule has 2 aromatic rings. The van der Waals surface area contributed by atoms with Crippen LogP contribution in [0.4, 0.5) is 18.9 Å². The van der Waals surface area contributed by atoms with E-state index in [0.29, 0.717) is 5.92 Å². The molecule has 0 unspecified atom stereocenters. The molecule has 8 heteroatoms. The molecule has 1 saturated heterocycles. The number of anilines is 1. The number of hydrogen-bond donors (Lipinski definition) is 0. The van der Waals surface area contributed by atoms with E-state index in [2.05, 4.69) is 40.8 Å². The van der Waals surface area contributed by atoms with Crippen molar-refractivity contribution in [2.75, 3.05) is 51.2 Å². The molecule has 2 heterocycles. The zero-order valence-corrected chi connectivity index (χ0v) is 17.2. The molecule has 1 aliphatic heterocycles. The molecule has 0 bridgehead atoms. The average molecular weight is 410 g/mol. The smallest absolute Gasteiger partial charge is 0.369 e. The normalized spacial score (nSPS) is 16.2. The lowest BCUT2D eigenvalue weighted by molar-refractivity contribution is -0.137. The van der Waals surface area contributed by atoms with Gasteiger partial charge in [-0.2, -0.15) is 13.2 Å². The van der Waals surface area contributed by atoms with Gasteiger partial charge in [-0.15, -0.1) is 0 Å². The number of nitrogens with zero attached hydrogens (tertiary/aromatic N) is 4. The Morgan fingerprint density at radius 3 is 2.31 bits per heavy atom. The van der Waals surface area contributed by atoms with E-state index in [1.165, 1.54) is 0 Å². The van der Waals surface area contributed by atoms with E-state index < -0.39 is 11.7 Å². The van der Waals surface area contributed by atoms with Gasteiger partial charge in [0.2, 0.25) is 0 Å². The Hall–Kier alpha value is -2.06. The molecule has 0 N–H and O–H groups in total. The summed E-state index contributed by atoms with van der Waals surface area (Å²) in [6.07, 6.45) is -4.29. The van der Waals surface area contributed by atoms with Gasteiger partial charge in [-0.05, 0) is 37.2 Å². The van der Waals surface area contributed by atoms with Crippen molar-refractivity contribution in [3.63, 3.8) is 0 Å². The molecule has 0 amide bonds. The highest BCUT2D eigenvalue weighted by molar-refractivity contribution is 5.48. The Morgan fingerprint density at radius 2 is 1.76 bits per heavy atom. The maximum absolute atomic E-state index is 12.7. The quantitative estimate of drug-likeness (QED) is 0.688. The summed E-state index contributed by atoms with van der Waals surface area (Å²) in [5.41, 5.74) is 1.23. The van der Waals surface area contributed by atoms with Gasteiger partial charge < -0.3 is 9.42 Å². The van der Waals surface area contributed by atoms with Gasteiger partial charge in [0.1, 0.15) is 0 Å². The molecule has 1 aromatic carbocycles. The van der Waals surface area contributed by atoms with Gasteiger partial charge in [-0.3, -0.25) is 9.80 Å². The fourth-order valence-electron chi connectivity index (χ4n) is 3.42. The van der Waals surface area contributed by atoms with Crippen LogP contribution in [0.1, 0.15) is 36.8 Å². The van der Waals surface area contributed by atoms with Gasteiger partial charge in [0.05, 0.1) is 17.8 Å². The summed E-state index contributed by atoms with van der Waals surface area (Å²) in [6, 6.07) is 7.46. The highest BCUT2D eigenvalue weighted by Crippen LogP contribution is 2.30. The molecular formula is C21H29F3N4O. The first-order valence-electron chi connectivity index (χ1n) is 10.0. The Balaban J connectivity index is 1.41. The lowest BCUT2D eigenvalue weighted by Gasteiger charge is -2.36. The lowest BCUT2D eigenvalue weighted by Crippen LogP contribution is -2.48. The summed E-state index contributed by atoms with van der Waals surface area (Å²) in [5.74, 6) is 1.24. The predicted octanol–water partition coefficient (Wildman–Crippen LogP) is 4.07. The van der Waals surface area contributed by atoms with Crippen molar-refractivity contribution in [3.05, 3.63) is 47.3 Å². The maximum atomic E-state index is 12.7. The second-order valence-corrected chi connectivity index (χ2v) is 7.98. The molecule has 0 radical (unpaired) electrons. The van der Waals surface area contributed by atoms with Crippen LogP contribution in [-0.2, 0) is 12.7 Å². The number of rotatable bonds is 7. The zero-order valence-electron chi connectivity index (χ0n) is 17.2. The topological polar surface area (TPSA) is 35.8 Å². The number of alkyl halides is 3. The minimum absolute atomic E-state index is 0.360. The van der Waals surface area contributed by atoms with Crippen molar-refractivity contribution in [2.24, 2.45) is 0 Å². The molecule has 0 spiro atoms. The Morgan fingerprint density at radius 1 is 1.10 bits per heavy atom. The van der Waals surface area contributed by atoms with Gasteiger partial charge in [-0.25, -0.2) is 0 Å². The summed E-state index contributed by atoms with van der Waals surface area (Å²) in [4.78, 5) is 6.74. The van der Waals surface area contributed by atoms with Crippen molar-refractivity contribution in [3.8, 4) is 0 Å². The summed E-state index contributed by atoms with van der Waals surface area (Å²) >= 11 is 0. The van der Waals surface area contributed by atoms with Crippen LogP contribution in [0.3, 0.4) is 0 Å². The first-order valence-corrected chi connectivity index (χ1v) is 10.0. The van der Waals surface area contributed by atoms with E-state index in [1.54, 1.807) is 12.1 Å². The molecular weight excluding hydrogens is 381 g/mol. The number of piperazine rings is 1. The Labute approximate surface area is 170 Å². The van der Waals surface area contributed by atoms with Gasteiger partial charge in [0, 0.05) is 51.0 Å². The zero-order chi connectivity index (χ0) is 21.0. The molecule has 160 valence electrons. The van der Waals surface area contributed by atoms with Crippen LogP contribution in [0, 0.1) is 0 Å². The van der Waals surface area contributed by atoms with Crippen LogP contribution >= 0.6 is 0 Å². The van der Waals surface area contributed by atoms with Gasteiger partial charge in [0.15, 0.2) is 5.76 Å². The molecule has 3 rings (SSSR count). The maximum Gasteiger partial charge on any atom is 0.416 e. The van der Waals surface area contributed by atoms with Crippen LogP contribution in [0.25, 0.3) is 0 Å². The third kappa shape index (κ3) is 5.96. The molecule has 0 atom stereocenters. The molecule has 0 aliphatic carbocycles. The molecule has 1 aromatic heterocycles. The first kappa shape index (κ1) is 21.6. The van der Waals surface area contributed by atoms with Crippen molar-refractivity contribution in [2.45, 2.75) is 32.5 Å². The third-order valence-electron chi connectivity index (χ3n) is 5.32. The summed E-state index contributed by atoms with van der Waals surface area (Å²) < 4.78 is 43.5. The van der Waals surface area contributed by atoms with Crippen LogP contribution in [-0.4, -0.2) is 61.3 Å². The predicted molar refractivity (Wildman–Crippen MR) is 107 cm³/mol. The summed E-state index contributed by atoms with van der Waals surface area (Å²) in [6.45, 7) is 10.2. The molecule has 1 aliphatic rings. The largest absolute Gasteiger partial charge is 0.416 e. The van der Waals surface area contributed by atoms with Crippen LogP contribution in [0.2, 0.25) is 0 Å². The van der Waals surface area contributed by atoms with E-state index in [9.17, 15) is 13.2 Å². The summed E-state index contributed by atoms with van der Waals surface area (Å²) in [7, 11) is 2.07. The van der Waals surface area contributed by atoms with Gasteiger partial charge in [0.25, 0.3) is 0 Å². The molecule has 29 heavy (non-hydrogen) atoms. The molecule has 5 nitrogen and oxygen atoms in total. The minimum atomic E-state index is -4.29. The van der Waals surface area contributed by atoms with Crippen LogP contribution in [0.15, 0.2) is 34.9 Å². The fourth-order valence-corrected chi connectivity index (χ4v) is 3.42. The van der Waals surface area contributed by atoms with Crippen LogP contribution in [0.5, 0.6) is 0 Å². The van der Waals surface area contributed by atoms with Crippen molar-refractivity contribution < 1.29 is 17.7 Å². The minimum Gasteiger partial charge on any atom is -0.369 e. The van der Waals surface area contributed by atoms with E-state index in [0.717, 1.165) is 75.1 Å². The average Bonchev–Trinajstić information content (AvgIpc) is 3.15. The fraction of sp³-hybridized carbons (Fsp3) is 0.571. The third-order valence-corrected chi connectivity index (χ3v) is 5.32. The van der Waals surface area contributed by atoms with Crippen LogP contribution < -0.4 is 4.90 Å². The second kappa shape index (κ2) is 9.17. The van der Waals surface area contributed by atoms with E-state index in [4.69, 9.17) is 4.52 Å². The lowest BCUT2D eigenvalue weighted by atomic mass is 10.1. The van der Waals surface area contributed by atoms with E-state index >= 15 is 0 Å². The number of benzene rings is 1. The van der Waals surface area contributed by atoms with Crippen molar-refractivity contribution >= 4 is 5.69 Å². The monoisotopic (exact) mass is 410 g/mol. The van der Waals surface area contributed by atoms with Gasteiger partial charge >= 0.3 is 6.18 Å². The number of likely N-dealkylation sites (N-methyl/N-ethyl adjacent to an activating group) is 1. The van der Waals surface area contributed by atoms with Crippen molar-refractivity contribution in [1.82, 2.24) is 15.0 Å². The van der Waals surface area contributed by atoms with E-state index in [1.807, 2.05) is 6.07 Å². The number of hydrogen-bond acceptors (Lipinski definition) is 5. The standard InChI is InChI=1S/C21H29F3N4O/c1-16(2)20-14-19(29-25-20)15-26(3)8-9-27-10-12-28(13-11-27)18-6-4-17(5-7-18)21(22,23)24/h4-7,14,16H,8-13,15H2,1-3H3.